The van der Waals surface area contributed by atoms with Gasteiger partial charge in [-0.05, 0) is 11.4 Å². The summed E-state index contributed by atoms with van der Waals surface area (Å²) in [7, 11) is 0. The van der Waals surface area contributed by atoms with E-state index < -0.39 is 17.9 Å². The van der Waals surface area contributed by atoms with Crippen molar-refractivity contribution in [3.8, 4) is 0 Å². The molecule has 0 aliphatic heterocycles. The Morgan fingerprint density at radius 1 is 1.31 bits per heavy atom. The van der Waals surface area contributed by atoms with Gasteiger partial charge in [-0.15, -0.1) is 11.3 Å². The van der Waals surface area contributed by atoms with E-state index in [9.17, 15) is 19.8 Å². The molecule has 0 amide bonds. The molecule has 0 aromatic carbocycles. The van der Waals surface area contributed by atoms with Gasteiger partial charge in [-0.1, -0.05) is 6.07 Å². The smallest absolute Gasteiger partial charge is 0.549 e. The Bertz CT molecular complexity index is 281. The SMILES string of the molecule is O=C([O-])C(C(=O)[O-])c1cccs1.[Ca+2]. The van der Waals surface area contributed by atoms with Crippen LogP contribution in [0.4, 0.5) is 0 Å². The van der Waals surface area contributed by atoms with Crippen molar-refractivity contribution in [3.63, 3.8) is 0 Å². The minimum atomic E-state index is -1.65. The zero-order valence-corrected chi connectivity index (χ0v) is 9.58. The first-order valence-corrected chi connectivity index (χ1v) is 3.96. The van der Waals surface area contributed by atoms with E-state index in [1.807, 2.05) is 0 Å². The van der Waals surface area contributed by atoms with Crippen molar-refractivity contribution in [2.24, 2.45) is 0 Å². The molecule has 13 heavy (non-hydrogen) atoms. The number of hydrogen-bond acceptors (Lipinski definition) is 5. The summed E-state index contributed by atoms with van der Waals surface area (Å²) in [6.07, 6.45) is 0. The van der Waals surface area contributed by atoms with E-state index in [-0.39, 0.29) is 42.6 Å². The Morgan fingerprint density at radius 3 is 2.15 bits per heavy atom. The monoisotopic (exact) mass is 224 g/mol. The van der Waals surface area contributed by atoms with Crippen LogP contribution in [0.5, 0.6) is 0 Å². The second kappa shape index (κ2) is 5.59. The normalized spacial score (nSPS) is 9.31. The minimum Gasteiger partial charge on any atom is -0.549 e. The van der Waals surface area contributed by atoms with Crippen molar-refractivity contribution in [3.05, 3.63) is 22.4 Å². The van der Waals surface area contributed by atoms with Crippen LogP contribution in [-0.2, 0) is 9.59 Å². The van der Waals surface area contributed by atoms with Crippen LogP contribution in [0.3, 0.4) is 0 Å². The first-order valence-electron chi connectivity index (χ1n) is 3.08. The van der Waals surface area contributed by atoms with Crippen LogP contribution < -0.4 is 10.2 Å². The summed E-state index contributed by atoms with van der Waals surface area (Å²) in [5.41, 5.74) is 0. The van der Waals surface area contributed by atoms with E-state index in [2.05, 4.69) is 0 Å². The molecule has 1 aromatic heterocycles. The van der Waals surface area contributed by atoms with Gasteiger partial charge < -0.3 is 19.8 Å². The van der Waals surface area contributed by atoms with Crippen molar-refractivity contribution in [1.82, 2.24) is 0 Å². The van der Waals surface area contributed by atoms with Gasteiger partial charge in [-0.25, -0.2) is 0 Å². The number of hydrogen-bond donors (Lipinski definition) is 0. The number of carbonyl (C=O) groups excluding carboxylic acids is 2. The quantitative estimate of drug-likeness (QED) is 0.437. The molecule has 0 radical (unpaired) electrons. The average Bonchev–Trinajstić information content (AvgIpc) is 2.37. The molecule has 6 heteroatoms. The second-order valence-electron chi connectivity index (χ2n) is 2.09. The molecule has 0 spiro atoms. The molecule has 0 unspecified atom stereocenters. The van der Waals surface area contributed by atoms with Gasteiger partial charge in [0.15, 0.2) is 0 Å². The van der Waals surface area contributed by atoms with Gasteiger partial charge in [0.2, 0.25) is 0 Å². The first kappa shape index (κ1) is 12.9. The Kier molecular flexibility index (Phi) is 5.55. The van der Waals surface area contributed by atoms with Gasteiger partial charge in [0.05, 0.1) is 17.9 Å². The molecule has 1 aromatic rings. The number of carboxylic acids is 2. The molecular weight excluding hydrogens is 220 g/mol. The van der Waals surface area contributed by atoms with Gasteiger partial charge in [0.1, 0.15) is 0 Å². The molecule has 0 N–H and O–H groups in total. The van der Waals surface area contributed by atoms with Crippen LogP contribution in [0.25, 0.3) is 0 Å². The average molecular weight is 224 g/mol. The molecule has 0 saturated heterocycles. The summed E-state index contributed by atoms with van der Waals surface area (Å²) in [5, 5.41) is 22.2. The van der Waals surface area contributed by atoms with Crippen molar-refractivity contribution in [2.45, 2.75) is 5.92 Å². The van der Waals surface area contributed by atoms with E-state index in [0.29, 0.717) is 0 Å². The van der Waals surface area contributed by atoms with Crippen LogP contribution in [0.1, 0.15) is 10.8 Å². The molecule has 0 aliphatic carbocycles. The Balaban J connectivity index is 0.00000144. The minimum absolute atomic E-state index is 0. The summed E-state index contributed by atoms with van der Waals surface area (Å²) in [6, 6.07) is 2.99. The van der Waals surface area contributed by atoms with Crippen molar-refractivity contribution < 1.29 is 19.8 Å². The fourth-order valence-electron chi connectivity index (χ4n) is 0.784. The maximum absolute atomic E-state index is 10.3. The van der Waals surface area contributed by atoms with Crippen LogP contribution in [-0.4, -0.2) is 49.7 Å². The van der Waals surface area contributed by atoms with Crippen LogP contribution >= 0.6 is 11.3 Å². The van der Waals surface area contributed by atoms with Crippen molar-refractivity contribution in [2.75, 3.05) is 0 Å². The zero-order chi connectivity index (χ0) is 9.14. The number of aliphatic carboxylic acids is 2. The van der Waals surface area contributed by atoms with Crippen LogP contribution in [0.15, 0.2) is 17.5 Å². The second-order valence-corrected chi connectivity index (χ2v) is 3.07. The van der Waals surface area contributed by atoms with Crippen LogP contribution in [0, 0.1) is 0 Å². The molecule has 0 atom stereocenters. The predicted octanol–water partition coefficient (Wildman–Crippen LogP) is -2.05. The number of carboxylic acid groups (broad SMARTS) is 2. The Morgan fingerprint density at radius 2 is 1.85 bits per heavy atom. The summed E-state index contributed by atoms with van der Waals surface area (Å²) in [6.45, 7) is 0. The third-order valence-electron chi connectivity index (χ3n) is 1.30. The summed E-state index contributed by atoms with van der Waals surface area (Å²) < 4.78 is 0. The fourth-order valence-corrected chi connectivity index (χ4v) is 1.58. The van der Waals surface area contributed by atoms with E-state index in [1.165, 1.54) is 6.07 Å². The van der Waals surface area contributed by atoms with E-state index in [0.717, 1.165) is 11.3 Å². The third kappa shape index (κ3) is 3.26. The first-order chi connectivity index (χ1) is 5.63. The van der Waals surface area contributed by atoms with Gasteiger partial charge in [-0.3, -0.25) is 0 Å². The molecule has 4 nitrogen and oxygen atoms in total. The van der Waals surface area contributed by atoms with E-state index in [1.54, 1.807) is 11.4 Å². The zero-order valence-electron chi connectivity index (χ0n) is 6.56. The Labute approximate surface area is 108 Å². The number of rotatable bonds is 3. The van der Waals surface area contributed by atoms with E-state index in [4.69, 9.17) is 0 Å². The summed E-state index contributed by atoms with van der Waals surface area (Å²) in [5.74, 6) is -4.93. The van der Waals surface area contributed by atoms with Crippen molar-refractivity contribution in [1.29, 1.82) is 0 Å². The van der Waals surface area contributed by atoms with Gasteiger partial charge in [-0.2, -0.15) is 0 Å². The molecular formula is C7H4CaO4S. The van der Waals surface area contributed by atoms with Gasteiger partial charge in [0.25, 0.3) is 0 Å². The molecule has 0 fully saturated rings. The van der Waals surface area contributed by atoms with Gasteiger partial charge >= 0.3 is 37.7 Å². The van der Waals surface area contributed by atoms with Crippen molar-refractivity contribution >= 4 is 61.0 Å². The predicted molar refractivity (Wildman–Crippen MR) is 42.8 cm³/mol. The molecule has 0 saturated carbocycles. The van der Waals surface area contributed by atoms with Crippen LogP contribution in [0.2, 0.25) is 0 Å². The molecule has 0 bridgehead atoms. The molecule has 64 valence electrons. The van der Waals surface area contributed by atoms with E-state index >= 15 is 0 Å². The topological polar surface area (TPSA) is 80.3 Å². The maximum atomic E-state index is 10.3. The maximum Gasteiger partial charge on any atom is 2.00 e. The summed E-state index contributed by atoms with van der Waals surface area (Å²) in [4.78, 5) is 20.8. The standard InChI is InChI=1S/C7H6O4S.Ca/c8-6(9)5(7(10)11)4-2-1-3-12-4;/h1-3,5H,(H,8,9)(H,10,11);/q;+2/p-2. The largest absolute Gasteiger partial charge is 2.00 e. The number of thiophene rings is 1. The molecule has 1 rings (SSSR count). The third-order valence-corrected chi connectivity index (χ3v) is 2.24. The van der Waals surface area contributed by atoms with Gasteiger partial charge in [0, 0.05) is 4.88 Å². The Hall–Kier alpha value is -0.100. The fraction of sp³-hybridized carbons (Fsp3) is 0.143. The summed E-state index contributed by atoms with van der Waals surface area (Å²) >= 11 is 1.05. The number of carbonyl (C=O) groups is 2. The molecule has 1 heterocycles. The molecule has 0 aliphatic rings.